The third-order valence-corrected chi connectivity index (χ3v) is 4.69. The van der Waals surface area contributed by atoms with Crippen LogP contribution >= 0.6 is 0 Å². The largest absolute Gasteiger partial charge is 0.478 e. The van der Waals surface area contributed by atoms with Gasteiger partial charge >= 0.3 is 11.9 Å². The lowest BCUT2D eigenvalue weighted by molar-refractivity contribution is -0.145. The maximum Gasteiger partial charge on any atom is 0.349 e. The zero-order valence-corrected chi connectivity index (χ0v) is 16.4. The van der Waals surface area contributed by atoms with Gasteiger partial charge in [-0.3, -0.25) is 0 Å². The number of carboxylic acids is 2. The topological polar surface area (TPSA) is 102 Å². The van der Waals surface area contributed by atoms with Gasteiger partial charge in [0.05, 0.1) is 5.56 Å². The molecule has 0 fully saturated rings. The molecule has 3 rings (SSSR count). The van der Waals surface area contributed by atoms with Crippen molar-refractivity contribution in [2.45, 2.75) is 45.6 Å². The van der Waals surface area contributed by atoms with E-state index in [4.69, 9.17) is 14.2 Å². The van der Waals surface area contributed by atoms with Gasteiger partial charge in [0.1, 0.15) is 5.75 Å². The van der Waals surface area contributed by atoms with Gasteiger partial charge in [-0.1, -0.05) is 32.8 Å². The number of benzene rings is 2. The molecule has 2 aromatic carbocycles. The average Bonchev–Trinajstić information content (AvgIpc) is 3.15. The van der Waals surface area contributed by atoms with Gasteiger partial charge in [0, 0.05) is 5.56 Å². The van der Waals surface area contributed by atoms with Crippen molar-refractivity contribution in [2.24, 2.45) is 0 Å². The Kier molecular flexibility index (Phi) is 6.26. The number of aryl methyl sites for hydroxylation is 2. The van der Waals surface area contributed by atoms with E-state index in [1.165, 1.54) is 0 Å². The molecule has 7 heteroatoms. The SMILES string of the molecule is CCCc1cc(C(=O)O)cc(CCC)c1OC(C(=O)O)c1ccc2c(c1)OCO2. The molecule has 7 nitrogen and oxygen atoms in total. The quantitative estimate of drug-likeness (QED) is 0.649. The number of hydrogen-bond donors (Lipinski definition) is 2. The summed E-state index contributed by atoms with van der Waals surface area (Å²) in [5.74, 6) is -0.681. The smallest absolute Gasteiger partial charge is 0.349 e. The van der Waals surface area contributed by atoms with Crippen LogP contribution in [-0.2, 0) is 17.6 Å². The van der Waals surface area contributed by atoms with Gasteiger partial charge in [-0.2, -0.15) is 0 Å². The van der Waals surface area contributed by atoms with Gasteiger partial charge in [-0.15, -0.1) is 0 Å². The summed E-state index contributed by atoms with van der Waals surface area (Å²) in [5, 5.41) is 19.3. The van der Waals surface area contributed by atoms with Crippen molar-refractivity contribution in [3.63, 3.8) is 0 Å². The summed E-state index contributed by atoms with van der Waals surface area (Å²) in [7, 11) is 0. The Morgan fingerprint density at radius 1 is 1.00 bits per heavy atom. The van der Waals surface area contributed by atoms with E-state index < -0.39 is 18.0 Å². The number of carboxylic acid groups (broad SMARTS) is 2. The Labute approximate surface area is 168 Å². The first-order chi connectivity index (χ1) is 13.9. The van der Waals surface area contributed by atoms with Crippen LogP contribution in [0, 0.1) is 0 Å². The van der Waals surface area contributed by atoms with E-state index in [1.807, 2.05) is 13.8 Å². The van der Waals surface area contributed by atoms with Crippen molar-refractivity contribution in [1.82, 2.24) is 0 Å². The molecule has 1 aliphatic heterocycles. The molecule has 2 aromatic rings. The third-order valence-electron chi connectivity index (χ3n) is 4.69. The van der Waals surface area contributed by atoms with E-state index in [9.17, 15) is 19.8 Å². The van der Waals surface area contributed by atoms with Crippen LogP contribution in [0.1, 0.15) is 59.8 Å². The molecule has 1 unspecified atom stereocenters. The first-order valence-electron chi connectivity index (χ1n) is 9.62. The third kappa shape index (κ3) is 4.45. The van der Waals surface area contributed by atoms with Gasteiger partial charge in [0.15, 0.2) is 11.5 Å². The first kappa shape index (κ1) is 20.5. The van der Waals surface area contributed by atoms with Crippen LogP contribution in [0.25, 0.3) is 0 Å². The van der Waals surface area contributed by atoms with E-state index in [1.54, 1.807) is 30.3 Å². The fourth-order valence-electron chi connectivity index (χ4n) is 3.39. The second kappa shape index (κ2) is 8.86. The average molecular weight is 400 g/mol. The highest BCUT2D eigenvalue weighted by molar-refractivity contribution is 5.88. The first-order valence-corrected chi connectivity index (χ1v) is 9.62. The Bertz CT molecular complexity index is 892. The fourth-order valence-corrected chi connectivity index (χ4v) is 3.39. The van der Waals surface area contributed by atoms with Crippen molar-refractivity contribution >= 4 is 11.9 Å². The van der Waals surface area contributed by atoms with Crippen LogP contribution in [0.5, 0.6) is 17.2 Å². The van der Waals surface area contributed by atoms with Crippen LogP contribution in [0.3, 0.4) is 0 Å². The summed E-state index contributed by atoms with van der Waals surface area (Å²) in [4.78, 5) is 23.6. The van der Waals surface area contributed by atoms with Gasteiger partial charge in [-0.05, 0) is 48.2 Å². The summed E-state index contributed by atoms with van der Waals surface area (Å²) in [6.07, 6.45) is 1.45. The molecule has 0 radical (unpaired) electrons. The second-order valence-corrected chi connectivity index (χ2v) is 6.88. The van der Waals surface area contributed by atoms with E-state index >= 15 is 0 Å². The van der Waals surface area contributed by atoms with Crippen LogP contribution in [0.4, 0.5) is 0 Å². The number of ether oxygens (including phenoxy) is 3. The summed E-state index contributed by atoms with van der Waals surface area (Å²) in [5.41, 5.74) is 2.00. The molecule has 0 saturated carbocycles. The summed E-state index contributed by atoms with van der Waals surface area (Å²) >= 11 is 0. The maximum absolute atomic E-state index is 12.0. The van der Waals surface area contributed by atoms with Gasteiger partial charge < -0.3 is 24.4 Å². The number of aromatic carboxylic acids is 1. The van der Waals surface area contributed by atoms with Crippen molar-refractivity contribution < 1.29 is 34.0 Å². The highest BCUT2D eigenvalue weighted by atomic mass is 16.7. The lowest BCUT2D eigenvalue weighted by Gasteiger charge is -2.21. The Hall–Kier alpha value is -3.22. The van der Waals surface area contributed by atoms with E-state index in [0.717, 1.165) is 12.8 Å². The normalized spacial score (nSPS) is 13.2. The molecule has 2 N–H and O–H groups in total. The minimum atomic E-state index is -1.26. The highest BCUT2D eigenvalue weighted by Gasteiger charge is 2.27. The molecule has 154 valence electrons. The molecule has 0 amide bonds. The lowest BCUT2D eigenvalue weighted by Crippen LogP contribution is -2.20. The van der Waals surface area contributed by atoms with Crippen molar-refractivity contribution in [2.75, 3.05) is 6.79 Å². The molecule has 1 heterocycles. The Morgan fingerprint density at radius 3 is 2.17 bits per heavy atom. The maximum atomic E-state index is 12.0. The minimum Gasteiger partial charge on any atom is -0.478 e. The molecule has 0 bridgehead atoms. The van der Waals surface area contributed by atoms with Crippen LogP contribution in [-0.4, -0.2) is 28.9 Å². The molecule has 0 aromatic heterocycles. The van der Waals surface area contributed by atoms with E-state index in [2.05, 4.69) is 0 Å². The predicted octanol–water partition coefficient (Wildman–Crippen LogP) is 4.22. The second-order valence-electron chi connectivity index (χ2n) is 6.88. The summed E-state index contributed by atoms with van der Waals surface area (Å²) < 4.78 is 16.7. The Balaban J connectivity index is 2.04. The lowest BCUT2D eigenvalue weighted by atomic mass is 9.97. The van der Waals surface area contributed by atoms with E-state index in [0.29, 0.717) is 46.8 Å². The summed E-state index contributed by atoms with van der Waals surface area (Å²) in [6, 6.07) is 8.03. The molecule has 1 atom stereocenters. The number of carbonyl (C=O) groups is 2. The molecule has 29 heavy (non-hydrogen) atoms. The van der Waals surface area contributed by atoms with Crippen molar-refractivity contribution in [3.8, 4) is 17.2 Å². The zero-order valence-electron chi connectivity index (χ0n) is 16.4. The molecule has 0 aliphatic carbocycles. The van der Waals surface area contributed by atoms with Crippen molar-refractivity contribution in [3.05, 3.63) is 52.6 Å². The predicted molar refractivity (Wildman–Crippen MR) is 105 cm³/mol. The van der Waals surface area contributed by atoms with Crippen LogP contribution < -0.4 is 14.2 Å². The molecular weight excluding hydrogens is 376 g/mol. The standard InChI is InChI=1S/C22H24O7/c1-3-5-13-9-16(21(23)24)10-14(6-4-2)19(13)29-20(22(25)26)15-7-8-17-18(11-15)28-12-27-17/h7-11,20H,3-6,12H2,1-2H3,(H,23,24)(H,25,26). The monoisotopic (exact) mass is 400 g/mol. The minimum absolute atomic E-state index is 0.0926. The number of rotatable bonds is 9. The molecule has 0 saturated heterocycles. The van der Waals surface area contributed by atoms with Gasteiger partial charge in [-0.25, -0.2) is 9.59 Å². The number of hydrogen-bond acceptors (Lipinski definition) is 5. The van der Waals surface area contributed by atoms with Crippen LogP contribution in [0.15, 0.2) is 30.3 Å². The number of aliphatic carboxylic acids is 1. The molecule has 1 aliphatic rings. The van der Waals surface area contributed by atoms with Crippen molar-refractivity contribution in [1.29, 1.82) is 0 Å². The fraction of sp³-hybridized carbons (Fsp3) is 0.364. The van der Waals surface area contributed by atoms with E-state index in [-0.39, 0.29) is 12.4 Å². The Morgan fingerprint density at radius 2 is 1.62 bits per heavy atom. The molecule has 0 spiro atoms. The molecular formula is C22H24O7. The van der Waals surface area contributed by atoms with Crippen LogP contribution in [0.2, 0.25) is 0 Å². The summed E-state index contributed by atoms with van der Waals surface area (Å²) in [6.45, 7) is 4.04. The van der Waals surface area contributed by atoms with Gasteiger partial charge in [0.25, 0.3) is 0 Å². The highest BCUT2D eigenvalue weighted by Crippen LogP contribution is 2.37. The number of fused-ring (bicyclic) bond motifs is 1. The van der Waals surface area contributed by atoms with Gasteiger partial charge in [0.2, 0.25) is 12.9 Å². The zero-order chi connectivity index (χ0) is 21.0.